The largest absolute Gasteiger partial charge is 0.496 e. The highest BCUT2D eigenvalue weighted by Gasteiger charge is 2.30. The molecule has 1 aliphatic carbocycles. The van der Waals surface area contributed by atoms with E-state index in [1.807, 2.05) is 35.2 Å². The van der Waals surface area contributed by atoms with Gasteiger partial charge in [-0.1, -0.05) is 42.8 Å². The maximum atomic E-state index is 13.4. The van der Waals surface area contributed by atoms with Crippen LogP contribution in [0.1, 0.15) is 36.0 Å². The van der Waals surface area contributed by atoms with Crippen LogP contribution >= 0.6 is 0 Å². The number of carbonyl (C=O) groups is 1. The third-order valence-electron chi connectivity index (χ3n) is 6.25. The zero-order chi connectivity index (χ0) is 21.4. The number of nitrogens with zero attached hydrogens (tertiary/aromatic N) is 5. The molecule has 0 atom stereocenters. The molecule has 0 saturated heterocycles. The lowest BCUT2D eigenvalue weighted by Crippen LogP contribution is -2.38. The van der Waals surface area contributed by atoms with Crippen molar-refractivity contribution in [3.63, 3.8) is 0 Å². The van der Waals surface area contributed by atoms with Crippen LogP contribution in [-0.4, -0.2) is 38.0 Å². The second-order valence-electron chi connectivity index (χ2n) is 8.23. The molecule has 0 spiro atoms. The molecular weight excluding hydrogens is 390 g/mol. The first kappa shape index (κ1) is 19.5. The minimum Gasteiger partial charge on any atom is -0.496 e. The van der Waals surface area contributed by atoms with Crippen LogP contribution in [0.2, 0.25) is 0 Å². The average molecular weight is 415 g/mol. The molecule has 158 valence electrons. The molecule has 1 amide bonds. The van der Waals surface area contributed by atoms with Crippen molar-refractivity contribution in [2.75, 3.05) is 7.11 Å². The Balaban J connectivity index is 1.56. The maximum Gasteiger partial charge on any atom is 0.226 e. The number of aromatic nitrogens is 4. The van der Waals surface area contributed by atoms with Gasteiger partial charge >= 0.3 is 0 Å². The number of hydrogen-bond donors (Lipinski definition) is 0. The van der Waals surface area contributed by atoms with Gasteiger partial charge in [-0.05, 0) is 47.9 Å². The first-order valence-electron chi connectivity index (χ1n) is 10.7. The van der Waals surface area contributed by atoms with E-state index in [4.69, 9.17) is 4.74 Å². The van der Waals surface area contributed by atoms with Crippen LogP contribution in [0.3, 0.4) is 0 Å². The summed E-state index contributed by atoms with van der Waals surface area (Å²) in [5.74, 6) is 1.08. The summed E-state index contributed by atoms with van der Waals surface area (Å²) in [4.78, 5) is 15.3. The van der Waals surface area contributed by atoms with Gasteiger partial charge < -0.3 is 9.64 Å². The summed E-state index contributed by atoms with van der Waals surface area (Å²) >= 11 is 0. The number of aryl methyl sites for hydroxylation is 1. The molecule has 2 heterocycles. The summed E-state index contributed by atoms with van der Waals surface area (Å²) in [5, 5.41) is 13.5. The number of amides is 1. The van der Waals surface area contributed by atoms with Gasteiger partial charge in [0, 0.05) is 35.5 Å². The number of rotatable bonds is 6. The van der Waals surface area contributed by atoms with E-state index >= 15 is 0 Å². The topological polar surface area (TPSA) is 72.6 Å². The summed E-state index contributed by atoms with van der Waals surface area (Å²) in [5.41, 5.74) is 4.72. The first-order valence-corrected chi connectivity index (χ1v) is 10.7. The fraction of sp³-hybridized carbons (Fsp3) is 0.333. The third-order valence-corrected chi connectivity index (χ3v) is 6.25. The Kier molecular flexibility index (Phi) is 5.02. The molecule has 1 saturated carbocycles. The standard InChI is InChI=1S/C24H25N5O2/c1-16-7-5-11-18-13-20(23-25-26-27-29(23)22(16)18)15-28(24(30)17-9-6-10-17)14-19-8-3-4-12-21(19)31-2/h3-5,7-8,11-13,17H,6,9-10,14-15H2,1-2H3. The predicted octanol–water partition coefficient (Wildman–Crippen LogP) is 3.92. The van der Waals surface area contributed by atoms with E-state index in [-0.39, 0.29) is 11.8 Å². The zero-order valence-corrected chi connectivity index (χ0v) is 17.8. The predicted molar refractivity (Wildman–Crippen MR) is 118 cm³/mol. The van der Waals surface area contributed by atoms with Gasteiger partial charge in [-0.3, -0.25) is 4.79 Å². The Morgan fingerprint density at radius 1 is 1.13 bits per heavy atom. The van der Waals surface area contributed by atoms with E-state index in [0.717, 1.165) is 52.6 Å². The molecule has 7 nitrogen and oxygen atoms in total. The number of tetrazole rings is 1. The number of pyridine rings is 1. The Labute approximate surface area is 180 Å². The number of ether oxygens (including phenoxy) is 1. The zero-order valence-electron chi connectivity index (χ0n) is 17.8. The van der Waals surface area contributed by atoms with Crippen molar-refractivity contribution in [2.45, 2.75) is 39.3 Å². The normalized spacial score (nSPS) is 14.0. The van der Waals surface area contributed by atoms with E-state index in [2.05, 4.69) is 40.6 Å². The molecule has 0 bridgehead atoms. The fourth-order valence-corrected chi connectivity index (χ4v) is 4.36. The second-order valence-corrected chi connectivity index (χ2v) is 8.23. The summed E-state index contributed by atoms with van der Waals surface area (Å²) in [6.45, 7) is 2.98. The monoisotopic (exact) mass is 415 g/mol. The van der Waals surface area contributed by atoms with Gasteiger partial charge in [-0.2, -0.15) is 4.52 Å². The van der Waals surface area contributed by atoms with Gasteiger partial charge in [0.15, 0.2) is 5.65 Å². The smallest absolute Gasteiger partial charge is 0.226 e. The van der Waals surface area contributed by atoms with Crippen LogP contribution in [0, 0.1) is 12.8 Å². The van der Waals surface area contributed by atoms with Crippen molar-refractivity contribution >= 4 is 22.5 Å². The van der Waals surface area contributed by atoms with E-state index < -0.39 is 0 Å². The van der Waals surface area contributed by atoms with Crippen molar-refractivity contribution in [3.8, 4) is 5.75 Å². The van der Waals surface area contributed by atoms with Crippen LogP contribution < -0.4 is 4.74 Å². The quantitative estimate of drug-likeness (QED) is 0.477. The van der Waals surface area contributed by atoms with E-state index in [1.165, 1.54) is 0 Å². The van der Waals surface area contributed by atoms with E-state index in [9.17, 15) is 4.79 Å². The fourth-order valence-electron chi connectivity index (χ4n) is 4.36. The Morgan fingerprint density at radius 3 is 2.71 bits per heavy atom. The molecule has 2 aromatic heterocycles. The molecule has 2 aromatic carbocycles. The minimum absolute atomic E-state index is 0.101. The van der Waals surface area contributed by atoms with E-state index in [0.29, 0.717) is 18.7 Å². The molecule has 0 unspecified atom stereocenters. The van der Waals surface area contributed by atoms with Crippen LogP contribution in [0.25, 0.3) is 16.6 Å². The molecule has 31 heavy (non-hydrogen) atoms. The highest BCUT2D eigenvalue weighted by atomic mass is 16.5. The second kappa shape index (κ2) is 7.98. The maximum absolute atomic E-state index is 13.4. The summed E-state index contributed by atoms with van der Waals surface area (Å²) in [7, 11) is 1.66. The summed E-state index contributed by atoms with van der Waals surface area (Å²) < 4.78 is 7.32. The Bertz CT molecular complexity index is 1260. The Hall–Kier alpha value is -3.48. The van der Waals surface area contributed by atoms with Crippen molar-refractivity contribution in [2.24, 2.45) is 5.92 Å². The van der Waals surface area contributed by atoms with Gasteiger partial charge in [0.2, 0.25) is 5.91 Å². The third kappa shape index (κ3) is 3.50. The number of methoxy groups -OCH3 is 1. The molecule has 1 fully saturated rings. The van der Waals surface area contributed by atoms with E-state index in [1.54, 1.807) is 11.6 Å². The highest BCUT2D eigenvalue weighted by molar-refractivity contribution is 5.86. The Morgan fingerprint density at radius 2 is 1.94 bits per heavy atom. The van der Waals surface area contributed by atoms with Gasteiger partial charge in [0.1, 0.15) is 5.75 Å². The van der Waals surface area contributed by atoms with Gasteiger partial charge in [-0.25, -0.2) is 0 Å². The van der Waals surface area contributed by atoms with Crippen LogP contribution in [-0.2, 0) is 17.9 Å². The van der Waals surface area contributed by atoms with Crippen LogP contribution in [0.4, 0.5) is 0 Å². The summed E-state index contributed by atoms with van der Waals surface area (Å²) in [6.07, 6.45) is 3.03. The lowest BCUT2D eigenvalue weighted by Gasteiger charge is -2.32. The SMILES string of the molecule is COc1ccccc1CN(Cc1cc2cccc(C)c2n2nnnc12)C(=O)C1CCC1. The lowest BCUT2D eigenvalue weighted by atomic mass is 9.84. The molecule has 1 aliphatic rings. The number of fused-ring (bicyclic) bond motifs is 3. The number of hydrogen-bond acceptors (Lipinski definition) is 5. The molecule has 0 radical (unpaired) electrons. The molecule has 0 aliphatic heterocycles. The minimum atomic E-state index is 0.101. The average Bonchev–Trinajstić information content (AvgIpc) is 3.22. The first-order chi connectivity index (χ1) is 15.2. The van der Waals surface area contributed by atoms with Crippen molar-refractivity contribution in [3.05, 3.63) is 65.2 Å². The number of benzene rings is 2. The molecule has 0 N–H and O–H groups in total. The number of carbonyl (C=O) groups excluding carboxylic acids is 1. The molecule has 5 rings (SSSR count). The van der Waals surface area contributed by atoms with Gasteiger partial charge in [0.05, 0.1) is 12.6 Å². The van der Waals surface area contributed by atoms with Crippen LogP contribution in [0.5, 0.6) is 5.75 Å². The van der Waals surface area contributed by atoms with Crippen LogP contribution in [0.15, 0.2) is 48.5 Å². The summed E-state index contributed by atoms with van der Waals surface area (Å²) in [6, 6.07) is 16.1. The number of para-hydroxylation sites is 2. The van der Waals surface area contributed by atoms with Gasteiger partial charge in [0.25, 0.3) is 0 Å². The van der Waals surface area contributed by atoms with Gasteiger partial charge in [-0.15, -0.1) is 5.10 Å². The highest BCUT2D eigenvalue weighted by Crippen LogP contribution is 2.31. The molecular formula is C24H25N5O2. The van der Waals surface area contributed by atoms with Crippen molar-refractivity contribution in [1.29, 1.82) is 0 Å². The van der Waals surface area contributed by atoms with Crippen molar-refractivity contribution < 1.29 is 9.53 Å². The lowest BCUT2D eigenvalue weighted by molar-refractivity contribution is -0.139. The molecule has 7 heteroatoms. The molecule has 4 aromatic rings. The van der Waals surface area contributed by atoms with Crippen molar-refractivity contribution in [1.82, 2.24) is 24.9 Å².